The molecular formula is C10H18O2. The number of carboxylic acid groups (broad SMARTS) is 1. The van der Waals surface area contributed by atoms with Gasteiger partial charge in [0.15, 0.2) is 0 Å². The van der Waals surface area contributed by atoms with E-state index in [9.17, 15) is 4.79 Å². The minimum Gasteiger partial charge on any atom is -0.481 e. The van der Waals surface area contributed by atoms with Gasteiger partial charge in [0, 0.05) is 0 Å². The predicted octanol–water partition coefficient (Wildman–Crippen LogP) is 2.68. The smallest absolute Gasteiger partial charge is 0.309 e. The third kappa shape index (κ3) is 1.47. The van der Waals surface area contributed by atoms with Gasteiger partial charge in [-0.3, -0.25) is 4.79 Å². The highest BCUT2D eigenvalue weighted by atomic mass is 16.4. The van der Waals surface area contributed by atoms with E-state index in [1.54, 1.807) is 0 Å². The monoisotopic (exact) mass is 170 g/mol. The van der Waals surface area contributed by atoms with Gasteiger partial charge < -0.3 is 5.11 Å². The Morgan fingerprint density at radius 1 is 1.67 bits per heavy atom. The normalized spacial score (nSPS) is 35.3. The quantitative estimate of drug-likeness (QED) is 0.707. The Kier molecular flexibility index (Phi) is 2.76. The molecule has 0 saturated heterocycles. The SMILES string of the molecule is CCCC1CCCC1(C)C(=O)O. The summed E-state index contributed by atoms with van der Waals surface area (Å²) in [5.74, 6) is -0.182. The first-order chi connectivity index (χ1) is 5.61. The summed E-state index contributed by atoms with van der Waals surface area (Å²) in [5, 5.41) is 9.07. The number of carboxylic acids is 1. The van der Waals surface area contributed by atoms with Crippen molar-refractivity contribution in [2.45, 2.75) is 46.0 Å². The second kappa shape index (κ2) is 3.46. The van der Waals surface area contributed by atoms with Crippen molar-refractivity contribution < 1.29 is 9.90 Å². The van der Waals surface area contributed by atoms with Crippen LogP contribution >= 0.6 is 0 Å². The fraction of sp³-hybridized carbons (Fsp3) is 0.900. The standard InChI is InChI=1S/C10H18O2/c1-3-5-8-6-4-7-10(8,2)9(11)12/h8H,3-7H2,1-2H3,(H,11,12). The predicted molar refractivity (Wildman–Crippen MR) is 48.0 cm³/mol. The average Bonchev–Trinajstić information content (AvgIpc) is 2.35. The van der Waals surface area contributed by atoms with Crippen molar-refractivity contribution in [3.63, 3.8) is 0 Å². The summed E-state index contributed by atoms with van der Waals surface area (Å²) in [4.78, 5) is 11.0. The van der Waals surface area contributed by atoms with E-state index in [-0.39, 0.29) is 0 Å². The molecule has 0 aliphatic heterocycles. The summed E-state index contributed by atoms with van der Waals surface area (Å²) in [5.41, 5.74) is -0.421. The number of aliphatic carboxylic acids is 1. The van der Waals surface area contributed by atoms with E-state index >= 15 is 0 Å². The topological polar surface area (TPSA) is 37.3 Å². The van der Waals surface area contributed by atoms with Crippen molar-refractivity contribution in [1.82, 2.24) is 0 Å². The lowest BCUT2D eigenvalue weighted by Crippen LogP contribution is -2.31. The van der Waals surface area contributed by atoms with Gasteiger partial charge >= 0.3 is 5.97 Å². The summed E-state index contributed by atoms with van der Waals surface area (Å²) in [7, 11) is 0. The van der Waals surface area contributed by atoms with Crippen LogP contribution in [-0.4, -0.2) is 11.1 Å². The summed E-state index contributed by atoms with van der Waals surface area (Å²) >= 11 is 0. The largest absolute Gasteiger partial charge is 0.481 e. The van der Waals surface area contributed by atoms with Gasteiger partial charge in [-0.25, -0.2) is 0 Å². The minimum absolute atomic E-state index is 0.417. The molecule has 0 heterocycles. The van der Waals surface area contributed by atoms with Crippen LogP contribution in [0.15, 0.2) is 0 Å². The Labute approximate surface area is 74.0 Å². The number of rotatable bonds is 3. The molecule has 0 amide bonds. The summed E-state index contributed by atoms with van der Waals surface area (Å²) in [6, 6.07) is 0. The van der Waals surface area contributed by atoms with E-state index in [0.717, 1.165) is 32.1 Å². The van der Waals surface area contributed by atoms with E-state index in [2.05, 4.69) is 6.92 Å². The molecule has 70 valence electrons. The molecule has 2 atom stereocenters. The summed E-state index contributed by atoms with van der Waals surface area (Å²) in [6.07, 6.45) is 5.24. The number of carbonyl (C=O) groups is 1. The number of hydrogen-bond donors (Lipinski definition) is 1. The van der Waals surface area contributed by atoms with Crippen LogP contribution in [0.25, 0.3) is 0 Å². The maximum absolute atomic E-state index is 11.0. The molecule has 2 heteroatoms. The van der Waals surface area contributed by atoms with Crippen LogP contribution in [0, 0.1) is 11.3 Å². The van der Waals surface area contributed by atoms with Crippen molar-refractivity contribution in [2.24, 2.45) is 11.3 Å². The molecule has 0 aromatic rings. The molecule has 1 fully saturated rings. The van der Waals surface area contributed by atoms with Crippen molar-refractivity contribution in [2.75, 3.05) is 0 Å². The lowest BCUT2D eigenvalue weighted by atomic mass is 9.78. The Hall–Kier alpha value is -0.530. The highest BCUT2D eigenvalue weighted by Crippen LogP contribution is 2.45. The van der Waals surface area contributed by atoms with Gasteiger partial charge in [-0.15, -0.1) is 0 Å². The van der Waals surface area contributed by atoms with Crippen LogP contribution < -0.4 is 0 Å². The van der Waals surface area contributed by atoms with Gasteiger partial charge in [0.05, 0.1) is 5.41 Å². The first-order valence-electron chi connectivity index (χ1n) is 4.84. The van der Waals surface area contributed by atoms with Gasteiger partial charge in [0.1, 0.15) is 0 Å². The Bertz CT molecular complexity index is 177. The molecule has 0 bridgehead atoms. The fourth-order valence-electron chi connectivity index (χ4n) is 2.33. The molecule has 12 heavy (non-hydrogen) atoms. The highest BCUT2D eigenvalue weighted by Gasteiger charge is 2.44. The van der Waals surface area contributed by atoms with E-state index in [0.29, 0.717) is 5.92 Å². The van der Waals surface area contributed by atoms with Crippen LogP contribution in [0.1, 0.15) is 46.0 Å². The Balaban J connectivity index is 2.67. The molecule has 1 N–H and O–H groups in total. The summed E-state index contributed by atoms with van der Waals surface area (Å²) in [6.45, 7) is 4.03. The second-order valence-corrected chi connectivity index (χ2v) is 4.10. The molecule has 1 saturated carbocycles. The maximum Gasteiger partial charge on any atom is 0.309 e. The highest BCUT2D eigenvalue weighted by molar-refractivity contribution is 5.74. The first kappa shape index (κ1) is 9.56. The van der Waals surface area contributed by atoms with Crippen molar-refractivity contribution in [3.8, 4) is 0 Å². The molecule has 0 aromatic carbocycles. The average molecular weight is 170 g/mol. The molecule has 1 aliphatic rings. The molecule has 1 aliphatic carbocycles. The van der Waals surface area contributed by atoms with Crippen LogP contribution in [0.3, 0.4) is 0 Å². The molecule has 2 unspecified atom stereocenters. The first-order valence-corrected chi connectivity index (χ1v) is 4.84. The van der Waals surface area contributed by atoms with Crippen LogP contribution in [0.5, 0.6) is 0 Å². The molecule has 2 nitrogen and oxygen atoms in total. The zero-order valence-corrected chi connectivity index (χ0v) is 7.97. The third-order valence-corrected chi connectivity index (χ3v) is 3.28. The second-order valence-electron chi connectivity index (χ2n) is 4.10. The molecule has 0 radical (unpaired) electrons. The van der Waals surface area contributed by atoms with Crippen LogP contribution in [0.4, 0.5) is 0 Å². The van der Waals surface area contributed by atoms with Crippen molar-refractivity contribution in [1.29, 1.82) is 0 Å². The van der Waals surface area contributed by atoms with Gasteiger partial charge in [0.2, 0.25) is 0 Å². The van der Waals surface area contributed by atoms with Crippen molar-refractivity contribution in [3.05, 3.63) is 0 Å². The maximum atomic E-state index is 11.0. The Morgan fingerprint density at radius 3 is 2.83 bits per heavy atom. The molecule has 1 rings (SSSR count). The third-order valence-electron chi connectivity index (χ3n) is 3.28. The lowest BCUT2D eigenvalue weighted by molar-refractivity contribution is -0.150. The van der Waals surface area contributed by atoms with E-state index in [1.165, 1.54) is 0 Å². The van der Waals surface area contributed by atoms with Gasteiger partial charge in [-0.05, 0) is 32.1 Å². The zero-order chi connectivity index (χ0) is 9.19. The molecule has 0 aromatic heterocycles. The fourth-order valence-corrected chi connectivity index (χ4v) is 2.33. The Morgan fingerprint density at radius 2 is 2.33 bits per heavy atom. The van der Waals surface area contributed by atoms with E-state index in [4.69, 9.17) is 5.11 Å². The van der Waals surface area contributed by atoms with Gasteiger partial charge in [-0.1, -0.05) is 19.8 Å². The van der Waals surface area contributed by atoms with E-state index < -0.39 is 11.4 Å². The van der Waals surface area contributed by atoms with Crippen LogP contribution in [0.2, 0.25) is 0 Å². The molecule has 0 spiro atoms. The van der Waals surface area contributed by atoms with Gasteiger partial charge in [-0.2, -0.15) is 0 Å². The van der Waals surface area contributed by atoms with Crippen LogP contribution in [-0.2, 0) is 4.79 Å². The summed E-state index contributed by atoms with van der Waals surface area (Å²) < 4.78 is 0. The zero-order valence-electron chi connectivity index (χ0n) is 7.97. The minimum atomic E-state index is -0.599. The molecular weight excluding hydrogens is 152 g/mol. The van der Waals surface area contributed by atoms with E-state index in [1.807, 2.05) is 6.92 Å². The lowest BCUT2D eigenvalue weighted by Gasteiger charge is -2.26. The number of hydrogen-bond acceptors (Lipinski definition) is 1. The van der Waals surface area contributed by atoms with Gasteiger partial charge in [0.25, 0.3) is 0 Å². The van der Waals surface area contributed by atoms with Crippen molar-refractivity contribution >= 4 is 5.97 Å².